The molecule has 116 valence electrons. The van der Waals surface area contributed by atoms with Crippen LogP contribution in [0.3, 0.4) is 0 Å². The SMILES string of the molecule is CCC(CSC)N(C)Cc1ccc(C#CCCO)cc1F. The van der Waals surface area contributed by atoms with Crippen molar-refractivity contribution in [1.82, 2.24) is 4.90 Å². The van der Waals surface area contributed by atoms with Crippen LogP contribution in [-0.4, -0.2) is 41.7 Å². The fraction of sp³-hybridized carbons (Fsp3) is 0.529. The summed E-state index contributed by atoms with van der Waals surface area (Å²) in [4.78, 5) is 2.20. The molecule has 0 aliphatic heterocycles. The molecule has 0 bridgehead atoms. The second-order valence-electron chi connectivity index (χ2n) is 5.01. The molecule has 0 fully saturated rings. The van der Waals surface area contributed by atoms with Crippen LogP contribution in [0.5, 0.6) is 0 Å². The average Bonchev–Trinajstić information content (AvgIpc) is 2.47. The van der Waals surface area contributed by atoms with Crippen LogP contribution in [0.15, 0.2) is 18.2 Å². The summed E-state index contributed by atoms with van der Waals surface area (Å²) in [5.41, 5.74) is 1.35. The Morgan fingerprint density at radius 1 is 1.43 bits per heavy atom. The Bertz CT molecular complexity index is 495. The van der Waals surface area contributed by atoms with Gasteiger partial charge in [-0.25, -0.2) is 4.39 Å². The normalized spacial score (nSPS) is 12.1. The highest BCUT2D eigenvalue weighted by Gasteiger charge is 2.14. The maximum Gasteiger partial charge on any atom is 0.128 e. The van der Waals surface area contributed by atoms with Gasteiger partial charge < -0.3 is 5.11 Å². The van der Waals surface area contributed by atoms with E-state index < -0.39 is 0 Å². The molecule has 1 N–H and O–H groups in total. The van der Waals surface area contributed by atoms with Gasteiger partial charge in [-0.1, -0.05) is 24.8 Å². The Kier molecular flexibility index (Phi) is 8.44. The Balaban J connectivity index is 2.74. The molecule has 1 unspecified atom stereocenters. The van der Waals surface area contributed by atoms with Crippen molar-refractivity contribution in [2.45, 2.75) is 32.4 Å². The number of rotatable bonds is 7. The summed E-state index contributed by atoms with van der Waals surface area (Å²) in [6.07, 6.45) is 3.57. The minimum atomic E-state index is -0.211. The maximum absolute atomic E-state index is 14.1. The summed E-state index contributed by atoms with van der Waals surface area (Å²) < 4.78 is 14.1. The molecule has 4 heteroatoms. The number of thioether (sulfide) groups is 1. The molecule has 2 nitrogen and oxygen atoms in total. The summed E-state index contributed by atoms with van der Waals surface area (Å²) in [6, 6.07) is 5.58. The monoisotopic (exact) mass is 309 g/mol. The van der Waals surface area contributed by atoms with Crippen LogP contribution >= 0.6 is 11.8 Å². The van der Waals surface area contributed by atoms with Crippen molar-refractivity contribution in [2.24, 2.45) is 0 Å². The van der Waals surface area contributed by atoms with Crippen LogP contribution in [0.1, 0.15) is 30.9 Å². The molecule has 1 aromatic carbocycles. The molecule has 0 amide bonds. The Morgan fingerprint density at radius 3 is 2.76 bits per heavy atom. The number of aliphatic hydroxyl groups excluding tert-OH is 1. The average molecular weight is 309 g/mol. The van der Waals surface area contributed by atoms with E-state index in [0.29, 0.717) is 30.1 Å². The molecule has 0 saturated heterocycles. The van der Waals surface area contributed by atoms with E-state index in [1.165, 1.54) is 6.07 Å². The molecular weight excluding hydrogens is 285 g/mol. The van der Waals surface area contributed by atoms with Crippen molar-refractivity contribution in [3.05, 3.63) is 35.1 Å². The summed E-state index contributed by atoms with van der Waals surface area (Å²) in [5.74, 6) is 6.50. The lowest BCUT2D eigenvalue weighted by atomic mass is 10.1. The fourth-order valence-electron chi connectivity index (χ4n) is 2.12. The van der Waals surface area contributed by atoms with Crippen LogP contribution in [0, 0.1) is 17.7 Å². The van der Waals surface area contributed by atoms with Gasteiger partial charge in [-0.2, -0.15) is 11.8 Å². The minimum absolute atomic E-state index is 0.0339. The lowest BCUT2D eigenvalue weighted by molar-refractivity contribution is 0.244. The molecular formula is C17H24FNOS. The molecule has 0 aromatic heterocycles. The van der Waals surface area contributed by atoms with Crippen molar-refractivity contribution in [3.8, 4) is 11.8 Å². The quantitative estimate of drug-likeness (QED) is 0.783. The first-order valence-electron chi connectivity index (χ1n) is 7.19. The first-order valence-corrected chi connectivity index (χ1v) is 8.59. The first kappa shape index (κ1) is 18.0. The number of halogens is 1. The molecule has 0 aliphatic carbocycles. The number of hydrogen-bond acceptors (Lipinski definition) is 3. The molecule has 1 aromatic rings. The van der Waals surface area contributed by atoms with Crippen LogP contribution in [0.2, 0.25) is 0 Å². The minimum Gasteiger partial charge on any atom is -0.395 e. The topological polar surface area (TPSA) is 23.5 Å². The molecule has 21 heavy (non-hydrogen) atoms. The number of aliphatic hydroxyl groups is 1. The van der Waals surface area contributed by atoms with Gasteiger partial charge in [0.1, 0.15) is 5.82 Å². The second-order valence-corrected chi connectivity index (χ2v) is 5.92. The summed E-state index contributed by atoms with van der Waals surface area (Å²) in [5, 5.41) is 8.68. The van der Waals surface area contributed by atoms with E-state index in [1.807, 2.05) is 24.9 Å². The van der Waals surface area contributed by atoms with E-state index in [9.17, 15) is 4.39 Å². The first-order chi connectivity index (χ1) is 10.1. The van der Waals surface area contributed by atoms with Crippen molar-refractivity contribution >= 4 is 11.8 Å². The van der Waals surface area contributed by atoms with Crippen molar-refractivity contribution in [1.29, 1.82) is 0 Å². The van der Waals surface area contributed by atoms with Gasteiger partial charge in [0.2, 0.25) is 0 Å². The molecule has 0 saturated carbocycles. The van der Waals surface area contributed by atoms with Gasteiger partial charge in [0.15, 0.2) is 0 Å². The number of benzene rings is 1. The zero-order valence-electron chi connectivity index (χ0n) is 13.0. The Labute approximate surface area is 131 Å². The van der Waals surface area contributed by atoms with Crippen LogP contribution in [0.25, 0.3) is 0 Å². The Morgan fingerprint density at radius 2 is 2.19 bits per heavy atom. The zero-order valence-corrected chi connectivity index (χ0v) is 13.8. The largest absolute Gasteiger partial charge is 0.395 e. The highest BCUT2D eigenvalue weighted by molar-refractivity contribution is 7.98. The molecule has 0 spiro atoms. The molecule has 1 atom stereocenters. The Hall–Kier alpha value is -1.02. The van der Waals surface area contributed by atoms with E-state index in [2.05, 4.69) is 29.9 Å². The molecule has 0 heterocycles. The summed E-state index contributed by atoms with van der Waals surface area (Å²) in [7, 11) is 2.04. The van der Waals surface area contributed by atoms with Gasteiger partial charge in [-0.05, 0) is 31.9 Å². The molecule has 1 rings (SSSR count). The summed E-state index contributed by atoms with van der Waals surface area (Å²) >= 11 is 1.82. The van der Waals surface area contributed by atoms with Gasteiger partial charge in [-0.3, -0.25) is 4.90 Å². The molecule has 0 radical (unpaired) electrons. The van der Waals surface area contributed by atoms with Crippen molar-refractivity contribution in [2.75, 3.05) is 25.7 Å². The van der Waals surface area contributed by atoms with Gasteiger partial charge in [0.25, 0.3) is 0 Å². The molecule has 0 aliphatic rings. The number of nitrogens with zero attached hydrogens (tertiary/aromatic N) is 1. The van der Waals surface area contributed by atoms with E-state index in [1.54, 1.807) is 6.07 Å². The van der Waals surface area contributed by atoms with Gasteiger partial charge in [-0.15, -0.1) is 0 Å². The third-order valence-corrected chi connectivity index (χ3v) is 4.11. The third kappa shape index (κ3) is 6.09. The number of hydrogen-bond donors (Lipinski definition) is 1. The highest BCUT2D eigenvalue weighted by Crippen LogP contribution is 2.16. The predicted octanol–water partition coefficient (Wildman–Crippen LogP) is 3.13. The van der Waals surface area contributed by atoms with E-state index in [0.717, 1.165) is 12.2 Å². The van der Waals surface area contributed by atoms with Crippen molar-refractivity contribution in [3.63, 3.8) is 0 Å². The fourth-order valence-corrected chi connectivity index (χ4v) is 3.00. The van der Waals surface area contributed by atoms with Gasteiger partial charge in [0, 0.05) is 35.9 Å². The van der Waals surface area contributed by atoms with Crippen LogP contribution in [0.4, 0.5) is 4.39 Å². The van der Waals surface area contributed by atoms with E-state index >= 15 is 0 Å². The van der Waals surface area contributed by atoms with Gasteiger partial charge >= 0.3 is 0 Å². The smallest absolute Gasteiger partial charge is 0.128 e. The standard InChI is InChI=1S/C17H24FNOS/c1-4-16(13-21-3)19(2)12-15-9-8-14(11-17(15)18)7-5-6-10-20/h8-9,11,16,20H,4,6,10,12-13H2,1-3H3. The zero-order chi connectivity index (χ0) is 15.7. The highest BCUT2D eigenvalue weighted by atomic mass is 32.2. The van der Waals surface area contributed by atoms with Crippen molar-refractivity contribution < 1.29 is 9.50 Å². The maximum atomic E-state index is 14.1. The lowest BCUT2D eigenvalue weighted by Gasteiger charge is -2.26. The predicted molar refractivity (Wildman–Crippen MR) is 88.9 cm³/mol. The second kappa shape index (κ2) is 9.83. The third-order valence-electron chi connectivity index (χ3n) is 3.40. The van der Waals surface area contributed by atoms with E-state index in [-0.39, 0.29) is 12.4 Å². The lowest BCUT2D eigenvalue weighted by Crippen LogP contribution is -2.32. The summed E-state index contributed by atoms with van der Waals surface area (Å²) in [6.45, 7) is 2.80. The van der Waals surface area contributed by atoms with E-state index in [4.69, 9.17) is 5.11 Å². The van der Waals surface area contributed by atoms with Gasteiger partial charge in [0.05, 0.1) is 6.61 Å². The van der Waals surface area contributed by atoms with Crippen LogP contribution in [-0.2, 0) is 6.54 Å². The van der Waals surface area contributed by atoms with Crippen LogP contribution < -0.4 is 0 Å².